The summed E-state index contributed by atoms with van der Waals surface area (Å²) in [5, 5.41) is 3.02. The zero-order chi connectivity index (χ0) is 16.5. The molecule has 3 N–H and O–H groups in total. The van der Waals surface area contributed by atoms with Crippen molar-refractivity contribution in [3.05, 3.63) is 42.0 Å². The lowest BCUT2D eigenvalue weighted by molar-refractivity contribution is -1.02. The van der Waals surface area contributed by atoms with Gasteiger partial charge in [0, 0.05) is 6.54 Å². The molecule has 2 rings (SSSR count). The lowest BCUT2D eigenvalue weighted by Gasteiger charge is -2.32. The molecule has 0 unspecified atom stereocenters. The zero-order valence-corrected chi connectivity index (χ0v) is 14.5. The predicted molar refractivity (Wildman–Crippen MR) is 94.5 cm³/mol. The van der Waals surface area contributed by atoms with Gasteiger partial charge in [-0.25, -0.2) is 0 Å². The number of piperazine rings is 1. The third kappa shape index (κ3) is 5.81. The average Bonchev–Trinajstić information content (AvgIpc) is 2.60. The minimum absolute atomic E-state index is 0.0722. The molecule has 1 aliphatic heterocycles. The number of amides is 1. The van der Waals surface area contributed by atoms with E-state index in [9.17, 15) is 4.79 Å². The number of quaternary nitrogens is 2. The second-order valence-corrected chi connectivity index (χ2v) is 6.44. The van der Waals surface area contributed by atoms with Crippen LogP contribution in [0.25, 0.3) is 6.08 Å². The van der Waals surface area contributed by atoms with Crippen LogP contribution in [0, 0.1) is 0 Å². The van der Waals surface area contributed by atoms with Crippen molar-refractivity contribution in [1.29, 1.82) is 0 Å². The Kier molecular flexibility index (Phi) is 7.30. The first-order chi connectivity index (χ1) is 11.2. The SMILES string of the molecule is CCCNC(=O)[C@H](C)[NH+]1CC[NH+](C/C=C/c2ccccc2)CC1. The Morgan fingerprint density at radius 1 is 1.22 bits per heavy atom. The van der Waals surface area contributed by atoms with Crippen LogP contribution in [0.15, 0.2) is 36.4 Å². The topological polar surface area (TPSA) is 38.0 Å². The standard InChI is InChI=1S/C19H29N3O/c1-3-11-20-19(23)17(2)22-15-13-21(14-16-22)12-7-10-18-8-5-4-6-9-18/h4-10,17H,3,11-16H2,1-2H3,(H,20,23)/p+2/b10-7+/t17-/m0/s1. The quantitative estimate of drug-likeness (QED) is 0.617. The molecule has 1 atom stereocenters. The first kappa shape index (κ1) is 17.7. The smallest absolute Gasteiger partial charge is 0.278 e. The van der Waals surface area contributed by atoms with Gasteiger partial charge in [0.1, 0.15) is 26.2 Å². The summed E-state index contributed by atoms with van der Waals surface area (Å²) in [5.74, 6) is 0.203. The highest BCUT2D eigenvalue weighted by Gasteiger charge is 2.30. The van der Waals surface area contributed by atoms with Crippen LogP contribution in [0.5, 0.6) is 0 Å². The van der Waals surface area contributed by atoms with Gasteiger partial charge in [-0.2, -0.15) is 0 Å². The molecule has 1 fully saturated rings. The van der Waals surface area contributed by atoms with Crippen LogP contribution in [-0.4, -0.2) is 51.2 Å². The largest absolute Gasteiger partial charge is 0.351 e. The van der Waals surface area contributed by atoms with E-state index >= 15 is 0 Å². The predicted octanol–water partition coefficient (Wildman–Crippen LogP) is -0.602. The summed E-state index contributed by atoms with van der Waals surface area (Å²) in [6, 6.07) is 10.5. The van der Waals surface area contributed by atoms with Crippen molar-refractivity contribution in [2.75, 3.05) is 39.3 Å². The fourth-order valence-electron chi connectivity index (χ4n) is 3.07. The van der Waals surface area contributed by atoms with Crippen molar-refractivity contribution >= 4 is 12.0 Å². The summed E-state index contributed by atoms with van der Waals surface area (Å²) in [5.41, 5.74) is 1.26. The van der Waals surface area contributed by atoms with Crippen LogP contribution < -0.4 is 15.1 Å². The highest BCUT2D eigenvalue weighted by molar-refractivity contribution is 5.79. The lowest BCUT2D eigenvalue weighted by Crippen LogP contribution is -3.30. The molecule has 0 spiro atoms. The number of nitrogens with one attached hydrogen (secondary N) is 3. The summed E-state index contributed by atoms with van der Waals surface area (Å²) in [6.45, 7) is 10.4. The minimum Gasteiger partial charge on any atom is -0.351 e. The van der Waals surface area contributed by atoms with E-state index in [-0.39, 0.29) is 11.9 Å². The second kappa shape index (κ2) is 9.48. The molecule has 0 aromatic heterocycles. The third-order valence-corrected chi connectivity index (χ3v) is 4.67. The van der Waals surface area contributed by atoms with Gasteiger partial charge in [-0.15, -0.1) is 0 Å². The third-order valence-electron chi connectivity index (χ3n) is 4.67. The van der Waals surface area contributed by atoms with Crippen LogP contribution in [-0.2, 0) is 4.79 Å². The molecule has 1 heterocycles. The number of carbonyl (C=O) groups excluding carboxylic acids is 1. The summed E-state index contributed by atoms with van der Waals surface area (Å²) in [4.78, 5) is 15.1. The number of hydrogen-bond acceptors (Lipinski definition) is 1. The Labute approximate surface area is 140 Å². The van der Waals surface area contributed by atoms with Crippen molar-refractivity contribution in [3.63, 3.8) is 0 Å². The van der Waals surface area contributed by atoms with Crippen molar-refractivity contribution in [2.24, 2.45) is 0 Å². The van der Waals surface area contributed by atoms with E-state index in [0.717, 1.165) is 45.7 Å². The number of benzene rings is 1. The molecule has 23 heavy (non-hydrogen) atoms. The van der Waals surface area contributed by atoms with Crippen LogP contribution in [0.2, 0.25) is 0 Å². The van der Waals surface area contributed by atoms with E-state index in [4.69, 9.17) is 0 Å². The molecule has 4 nitrogen and oxygen atoms in total. The molecule has 1 saturated heterocycles. The van der Waals surface area contributed by atoms with E-state index in [0.29, 0.717) is 0 Å². The summed E-state index contributed by atoms with van der Waals surface area (Å²) < 4.78 is 0. The van der Waals surface area contributed by atoms with Gasteiger partial charge in [0.05, 0.1) is 6.54 Å². The number of carbonyl (C=O) groups is 1. The molecule has 1 aliphatic rings. The maximum Gasteiger partial charge on any atom is 0.278 e. The van der Waals surface area contributed by atoms with E-state index in [1.807, 2.05) is 6.07 Å². The summed E-state index contributed by atoms with van der Waals surface area (Å²) >= 11 is 0. The van der Waals surface area contributed by atoms with E-state index in [2.05, 4.69) is 55.6 Å². The van der Waals surface area contributed by atoms with Gasteiger partial charge in [0.25, 0.3) is 5.91 Å². The van der Waals surface area contributed by atoms with Gasteiger partial charge in [-0.1, -0.05) is 43.3 Å². The van der Waals surface area contributed by atoms with E-state index in [1.165, 1.54) is 10.5 Å². The van der Waals surface area contributed by atoms with Crippen molar-refractivity contribution in [3.8, 4) is 0 Å². The highest BCUT2D eigenvalue weighted by atomic mass is 16.2. The van der Waals surface area contributed by atoms with Gasteiger partial charge < -0.3 is 15.1 Å². The van der Waals surface area contributed by atoms with Crippen molar-refractivity contribution in [2.45, 2.75) is 26.3 Å². The van der Waals surface area contributed by atoms with Crippen LogP contribution in [0.3, 0.4) is 0 Å². The van der Waals surface area contributed by atoms with Crippen molar-refractivity contribution < 1.29 is 14.6 Å². The molecule has 0 saturated carbocycles. The van der Waals surface area contributed by atoms with Gasteiger partial charge >= 0.3 is 0 Å². The van der Waals surface area contributed by atoms with Crippen LogP contribution >= 0.6 is 0 Å². The first-order valence-electron chi connectivity index (χ1n) is 8.88. The van der Waals surface area contributed by atoms with Crippen LogP contribution in [0.1, 0.15) is 25.8 Å². The van der Waals surface area contributed by atoms with Gasteiger partial charge in [-0.05, 0) is 25.0 Å². The molecular weight excluding hydrogens is 286 g/mol. The Morgan fingerprint density at radius 3 is 2.57 bits per heavy atom. The molecule has 1 amide bonds. The number of hydrogen-bond donors (Lipinski definition) is 3. The maximum atomic E-state index is 12.1. The van der Waals surface area contributed by atoms with Crippen LogP contribution in [0.4, 0.5) is 0 Å². The fraction of sp³-hybridized carbons (Fsp3) is 0.526. The highest BCUT2D eigenvalue weighted by Crippen LogP contribution is 1.99. The molecule has 4 heteroatoms. The molecule has 0 bridgehead atoms. The first-order valence-corrected chi connectivity index (χ1v) is 8.88. The van der Waals surface area contributed by atoms with Gasteiger partial charge in [0.2, 0.25) is 0 Å². The second-order valence-electron chi connectivity index (χ2n) is 6.44. The molecule has 126 valence electrons. The monoisotopic (exact) mass is 317 g/mol. The fourth-order valence-corrected chi connectivity index (χ4v) is 3.07. The average molecular weight is 317 g/mol. The normalized spacial score (nSPS) is 22.9. The Morgan fingerprint density at radius 2 is 1.91 bits per heavy atom. The maximum absolute atomic E-state index is 12.1. The zero-order valence-electron chi connectivity index (χ0n) is 14.5. The Balaban J connectivity index is 1.71. The Bertz CT molecular complexity index is 493. The molecule has 1 aromatic rings. The summed E-state index contributed by atoms with van der Waals surface area (Å²) in [7, 11) is 0. The molecule has 0 radical (unpaired) electrons. The minimum atomic E-state index is 0.0722. The van der Waals surface area contributed by atoms with Gasteiger partial charge in [0.15, 0.2) is 6.04 Å². The van der Waals surface area contributed by atoms with E-state index in [1.54, 1.807) is 4.90 Å². The van der Waals surface area contributed by atoms with E-state index < -0.39 is 0 Å². The lowest BCUT2D eigenvalue weighted by atomic mass is 10.2. The molecule has 0 aliphatic carbocycles. The summed E-state index contributed by atoms with van der Waals surface area (Å²) in [6.07, 6.45) is 5.47. The van der Waals surface area contributed by atoms with Gasteiger partial charge in [-0.3, -0.25) is 4.79 Å². The van der Waals surface area contributed by atoms with Crippen molar-refractivity contribution in [1.82, 2.24) is 5.32 Å². The number of rotatable bonds is 7. The Hall–Kier alpha value is -1.65. The molecule has 1 aromatic carbocycles. The molecular formula is C19H31N3O+2.